The lowest BCUT2D eigenvalue weighted by Crippen LogP contribution is -2.51. The molecule has 2 amide bonds. The van der Waals surface area contributed by atoms with Gasteiger partial charge in [0, 0.05) is 24.9 Å². The number of thiophene rings is 1. The lowest BCUT2D eigenvalue weighted by Gasteiger charge is -2.35. The van der Waals surface area contributed by atoms with Crippen LogP contribution >= 0.6 is 11.3 Å². The molecule has 34 heavy (non-hydrogen) atoms. The summed E-state index contributed by atoms with van der Waals surface area (Å²) in [6, 6.07) is 1.14. The summed E-state index contributed by atoms with van der Waals surface area (Å²) in [6.45, 7) is 8.80. The summed E-state index contributed by atoms with van der Waals surface area (Å²) >= 11 is 1.22. The Morgan fingerprint density at radius 3 is 2.59 bits per heavy atom. The minimum absolute atomic E-state index is 0.0854. The highest BCUT2D eigenvalue weighted by Crippen LogP contribution is 2.37. The number of anilines is 1. The summed E-state index contributed by atoms with van der Waals surface area (Å²) in [5.41, 5.74) is 1.52. The van der Waals surface area contributed by atoms with Crippen molar-refractivity contribution >= 4 is 34.8 Å². The molecule has 6 nitrogen and oxygen atoms in total. The lowest BCUT2D eigenvalue weighted by molar-refractivity contribution is -0.133. The molecule has 1 saturated heterocycles. The second kappa shape index (κ2) is 10.8. The normalized spacial score (nSPS) is 21.2. The quantitative estimate of drug-likeness (QED) is 0.342. The van der Waals surface area contributed by atoms with E-state index in [-0.39, 0.29) is 23.1 Å². The number of ether oxygens (including phenoxy) is 1. The predicted molar refractivity (Wildman–Crippen MR) is 136 cm³/mol. The van der Waals surface area contributed by atoms with Crippen LogP contribution in [0.3, 0.4) is 0 Å². The molecule has 1 aliphatic heterocycles. The molecule has 1 unspecified atom stereocenters. The van der Waals surface area contributed by atoms with E-state index in [2.05, 4.69) is 24.8 Å². The average Bonchev–Trinajstić information content (AvgIpc) is 3.14. The topological polar surface area (TPSA) is 66.9 Å². The Balaban J connectivity index is 2.13. The fourth-order valence-corrected chi connectivity index (χ4v) is 5.27. The number of esters is 1. The van der Waals surface area contributed by atoms with Gasteiger partial charge in [-0.15, -0.1) is 11.3 Å². The highest BCUT2D eigenvalue weighted by molar-refractivity contribution is 7.15. The third kappa shape index (κ3) is 6.09. The summed E-state index contributed by atoms with van der Waals surface area (Å²) in [6.07, 6.45) is 6.65. The highest BCUT2D eigenvalue weighted by Gasteiger charge is 2.39. The van der Waals surface area contributed by atoms with Crippen molar-refractivity contribution in [3.8, 4) is 11.8 Å². The van der Waals surface area contributed by atoms with Crippen LogP contribution in [0.2, 0.25) is 0 Å². The van der Waals surface area contributed by atoms with E-state index in [0.717, 1.165) is 25.7 Å². The highest BCUT2D eigenvalue weighted by atomic mass is 32.1. The van der Waals surface area contributed by atoms with Gasteiger partial charge in [-0.25, -0.2) is 4.79 Å². The van der Waals surface area contributed by atoms with Crippen LogP contribution in [0.5, 0.6) is 0 Å². The Bertz CT molecular complexity index is 1040. The molecular weight excluding hydrogens is 448 g/mol. The number of carbonyl (C=O) groups excluding carboxylic acids is 3. The van der Waals surface area contributed by atoms with Crippen molar-refractivity contribution < 1.29 is 19.1 Å². The first kappa shape index (κ1) is 26.0. The van der Waals surface area contributed by atoms with Gasteiger partial charge in [0.05, 0.1) is 17.7 Å². The van der Waals surface area contributed by atoms with E-state index in [9.17, 15) is 14.4 Å². The van der Waals surface area contributed by atoms with Gasteiger partial charge in [0.1, 0.15) is 10.9 Å². The molecule has 1 fully saturated rings. The number of likely N-dealkylation sites (N-methyl/N-ethyl adjacent to an activating group) is 1. The van der Waals surface area contributed by atoms with E-state index in [1.165, 1.54) is 24.0 Å². The molecule has 0 spiro atoms. The van der Waals surface area contributed by atoms with Gasteiger partial charge in [-0.2, -0.15) is 0 Å². The van der Waals surface area contributed by atoms with Crippen molar-refractivity contribution in [2.45, 2.75) is 72.3 Å². The number of allylic oxidation sites excluding steroid dienone is 2. The summed E-state index contributed by atoms with van der Waals surface area (Å²) in [7, 11) is 3.11. The third-order valence-electron chi connectivity index (χ3n) is 6.32. The zero-order chi connectivity index (χ0) is 25.0. The SMILES string of the molecule is COC(=O)c1sc(C#CC(C)(C)C)cc1N(C(=O)C1CC=C(C)CC1)[C@H]1CCCCN(C)C1=O. The van der Waals surface area contributed by atoms with Crippen LogP contribution in [-0.4, -0.2) is 49.4 Å². The van der Waals surface area contributed by atoms with Gasteiger partial charge in [0.2, 0.25) is 11.8 Å². The molecule has 0 radical (unpaired) electrons. The average molecular weight is 485 g/mol. The molecule has 2 aliphatic rings. The van der Waals surface area contributed by atoms with Crippen molar-refractivity contribution in [2.24, 2.45) is 11.3 Å². The fourth-order valence-electron chi connectivity index (χ4n) is 4.35. The van der Waals surface area contributed by atoms with E-state index in [1.54, 1.807) is 22.9 Å². The van der Waals surface area contributed by atoms with Gasteiger partial charge in [0.25, 0.3) is 0 Å². The standard InChI is InChI=1S/C27H36N2O4S/c1-18-10-12-19(13-11-18)24(30)29(21-9-7-8-16-28(5)25(21)31)22-17-20(14-15-27(2,3)4)34-23(22)26(32)33-6/h10,17,19,21H,7-9,11-13,16H2,1-6H3/t19?,21-/m0/s1. The zero-order valence-electron chi connectivity index (χ0n) is 21.2. The predicted octanol–water partition coefficient (Wildman–Crippen LogP) is 5.02. The largest absolute Gasteiger partial charge is 0.465 e. The van der Waals surface area contributed by atoms with E-state index in [1.807, 2.05) is 20.8 Å². The monoisotopic (exact) mass is 484 g/mol. The van der Waals surface area contributed by atoms with Crippen molar-refractivity contribution in [1.82, 2.24) is 4.90 Å². The number of carbonyl (C=O) groups is 3. The Morgan fingerprint density at radius 1 is 1.24 bits per heavy atom. The van der Waals surface area contributed by atoms with Crippen molar-refractivity contribution in [2.75, 3.05) is 25.6 Å². The molecular formula is C27H36N2O4S. The Kier molecular flexibility index (Phi) is 8.25. The molecule has 1 aromatic rings. The van der Waals surface area contributed by atoms with Crippen molar-refractivity contribution in [3.63, 3.8) is 0 Å². The maximum absolute atomic E-state index is 14.0. The number of hydrogen-bond acceptors (Lipinski definition) is 5. The molecule has 0 aromatic carbocycles. The van der Waals surface area contributed by atoms with Crippen LogP contribution in [0, 0.1) is 23.2 Å². The molecule has 1 aromatic heterocycles. The van der Waals surface area contributed by atoms with Gasteiger partial charge < -0.3 is 9.64 Å². The fraction of sp³-hybridized carbons (Fsp3) is 0.593. The minimum atomic E-state index is -0.645. The second-order valence-electron chi connectivity index (χ2n) is 10.3. The molecule has 0 N–H and O–H groups in total. The maximum Gasteiger partial charge on any atom is 0.350 e. The minimum Gasteiger partial charge on any atom is -0.465 e. The van der Waals surface area contributed by atoms with E-state index < -0.39 is 12.0 Å². The summed E-state index contributed by atoms with van der Waals surface area (Å²) in [5, 5.41) is 0. The smallest absolute Gasteiger partial charge is 0.350 e. The van der Waals surface area contributed by atoms with Gasteiger partial charge >= 0.3 is 5.97 Å². The lowest BCUT2D eigenvalue weighted by atomic mass is 9.88. The second-order valence-corrected chi connectivity index (χ2v) is 11.4. The summed E-state index contributed by atoms with van der Waals surface area (Å²) < 4.78 is 5.07. The van der Waals surface area contributed by atoms with Crippen LogP contribution < -0.4 is 4.90 Å². The summed E-state index contributed by atoms with van der Waals surface area (Å²) in [4.78, 5) is 44.5. The Hall–Kier alpha value is -2.59. The molecule has 0 saturated carbocycles. The van der Waals surface area contributed by atoms with Crippen LogP contribution in [0.25, 0.3) is 0 Å². The van der Waals surface area contributed by atoms with Gasteiger partial charge in [-0.1, -0.05) is 23.5 Å². The molecule has 2 atom stereocenters. The third-order valence-corrected chi connectivity index (χ3v) is 7.34. The first-order valence-electron chi connectivity index (χ1n) is 12.0. The van der Waals surface area contributed by atoms with Crippen LogP contribution in [-0.2, 0) is 14.3 Å². The van der Waals surface area contributed by atoms with Crippen molar-refractivity contribution in [1.29, 1.82) is 0 Å². The Morgan fingerprint density at radius 2 is 1.97 bits per heavy atom. The number of rotatable bonds is 4. The van der Waals surface area contributed by atoms with E-state index in [0.29, 0.717) is 34.8 Å². The first-order valence-corrected chi connectivity index (χ1v) is 12.8. The van der Waals surface area contributed by atoms with Gasteiger partial charge in [0.15, 0.2) is 0 Å². The van der Waals surface area contributed by atoms with E-state index in [4.69, 9.17) is 4.74 Å². The molecule has 7 heteroatoms. The van der Waals surface area contributed by atoms with Crippen LogP contribution in [0.1, 0.15) is 80.8 Å². The van der Waals surface area contributed by atoms with Gasteiger partial charge in [-0.3, -0.25) is 14.5 Å². The molecule has 3 rings (SSSR count). The number of methoxy groups -OCH3 is 1. The first-order chi connectivity index (χ1) is 16.0. The Labute approximate surface area is 207 Å². The molecule has 0 bridgehead atoms. The number of amides is 2. The van der Waals surface area contributed by atoms with Crippen molar-refractivity contribution in [3.05, 3.63) is 27.5 Å². The maximum atomic E-state index is 14.0. The zero-order valence-corrected chi connectivity index (χ0v) is 22.0. The van der Waals surface area contributed by atoms with Crippen LogP contribution in [0.4, 0.5) is 5.69 Å². The number of nitrogens with zero attached hydrogens (tertiary/aromatic N) is 2. The summed E-state index contributed by atoms with van der Waals surface area (Å²) in [5.74, 6) is 5.43. The molecule has 184 valence electrons. The number of likely N-dealkylation sites (tertiary alicyclic amines) is 1. The van der Waals surface area contributed by atoms with Gasteiger partial charge in [-0.05, 0) is 72.3 Å². The molecule has 2 heterocycles. The number of hydrogen-bond donors (Lipinski definition) is 0. The van der Waals surface area contributed by atoms with E-state index >= 15 is 0 Å². The van der Waals surface area contributed by atoms with Crippen LogP contribution in [0.15, 0.2) is 17.7 Å². The molecule has 1 aliphatic carbocycles.